The Morgan fingerprint density at radius 3 is 2.61 bits per heavy atom. The number of nitrogens with two attached hydrogens (primary N) is 1. The number of hydrogen-bond acceptors (Lipinski definition) is 4. The molecule has 100 valence electrons. The Labute approximate surface area is 101 Å². The highest BCUT2D eigenvalue weighted by Crippen LogP contribution is 2.25. The fraction of sp³-hybridized carbons (Fsp3) is 0.364. The van der Waals surface area contributed by atoms with Crippen molar-refractivity contribution >= 4 is 11.7 Å². The molecule has 0 radical (unpaired) electrons. The Balaban J connectivity index is 2.80. The zero-order valence-electron chi connectivity index (χ0n) is 9.58. The van der Waals surface area contributed by atoms with Gasteiger partial charge in [-0.1, -0.05) is 0 Å². The SMILES string of the molecule is COC(=O)c1ccc(N)cc1OCCC(F)(F)F. The summed E-state index contributed by atoms with van der Waals surface area (Å²) in [5, 5.41) is 0. The van der Waals surface area contributed by atoms with E-state index in [-0.39, 0.29) is 17.0 Å². The van der Waals surface area contributed by atoms with Gasteiger partial charge >= 0.3 is 12.1 Å². The highest BCUT2D eigenvalue weighted by Gasteiger charge is 2.27. The van der Waals surface area contributed by atoms with Gasteiger partial charge in [0, 0.05) is 11.8 Å². The molecule has 0 saturated carbocycles. The summed E-state index contributed by atoms with van der Waals surface area (Å²) in [4.78, 5) is 11.3. The van der Waals surface area contributed by atoms with Crippen LogP contribution in [0.25, 0.3) is 0 Å². The van der Waals surface area contributed by atoms with E-state index < -0.39 is 25.2 Å². The van der Waals surface area contributed by atoms with Crippen LogP contribution < -0.4 is 10.5 Å². The Bertz CT molecular complexity index is 432. The van der Waals surface area contributed by atoms with Gasteiger partial charge in [-0.2, -0.15) is 13.2 Å². The molecule has 0 aliphatic carbocycles. The van der Waals surface area contributed by atoms with Gasteiger partial charge in [-0.25, -0.2) is 4.79 Å². The first-order valence-corrected chi connectivity index (χ1v) is 5.01. The first-order valence-electron chi connectivity index (χ1n) is 5.01. The van der Waals surface area contributed by atoms with Crippen molar-refractivity contribution < 1.29 is 27.4 Å². The molecule has 0 heterocycles. The van der Waals surface area contributed by atoms with Crippen LogP contribution >= 0.6 is 0 Å². The van der Waals surface area contributed by atoms with Crippen LogP contribution in [0.15, 0.2) is 18.2 Å². The number of alkyl halides is 3. The predicted molar refractivity (Wildman–Crippen MR) is 58.4 cm³/mol. The largest absolute Gasteiger partial charge is 0.492 e. The number of carbonyl (C=O) groups is 1. The summed E-state index contributed by atoms with van der Waals surface area (Å²) in [7, 11) is 1.16. The van der Waals surface area contributed by atoms with Crippen molar-refractivity contribution in [3.8, 4) is 5.75 Å². The fourth-order valence-electron chi connectivity index (χ4n) is 1.21. The summed E-state index contributed by atoms with van der Waals surface area (Å²) in [6, 6.07) is 4.05. The number of benzene rings is 1. The predicted octanol–water partition coefficient (Wildman–Crippen LogP) is 2.39. The first kappa shape index (κ1) is 14.1. The lowest BCUT2D eigenvalue weighted by Gasteiger charge is -2.12. The number of anilines is 1. The number of carbonyl (C=O) groups excluding carboxylic acids is 1. The molecule has 0 spiro atoms. The molecule has 0 fully saturated rings. The van der Waals surface area contributed by atoms with Crippen LogP contribution in [0.5, 0.6) is 5.75 Å². The number of halogens is 3. The minimum Gasteiger partial charge on any atom is -0.492 e. The summed E-state index contributed by atoms with van der Waals surface area (Å²) in [5.41, 5.74) is 5.79. The molecular weight excluding hydrogens is 251 g/mol. The maximum atomic E-state index is 12.0. The molecule has 0 saturated heterocycles. The average molecular weight is 263 g/mol. The number of rotatable bonds is 4. The number of nitrogen functional groups attached to an aromatic ring is 1. The molecule has 4 nitrogen and oxygen atoms in total. The molecular formula is C11H12F3NO3. The summed E-state index contributed by atoms with van der Waals surface area (Å²) in [5.74, 6) is -0.719. The molecule has 0 aromatic heterocycles. The third kappa shape index (κ3) is 4.15. The summed E-state index contributed by atoms with van der Waals surface area (Å²) < 4.78 is 45.3. The van der Waals surface area contributed by atoms with Crippen LogP contribution in [0.2, 0.25) is 0 Å². The molecule has 0 atom stereocenters. The number of hydrogen-bond donors (Lipinski definition) is 1. The van der Waals surface area contributed by atoms with E-state index in [0.29, 0.717) is 0 Å². The van der Waals surface area contributed by atoms with Crippen LogP contribution in [0.4, 0.5) is 18.9 Å². The standard InChI is InChI=1S/C11H12F3NO3/c1-17-10(16)8-3-2-7(15)6-9(8)18-5-4-11(12,13)14/h2-3,6H,4-5,15H2,1H3. The van der Waals surface area contributed by atoms with E-state index in [1.54, 1.807) is 0 Å². The van der Waals surface area contributed by atoms with Gasteiger partial charge in [-0.15, -0.1) is 0 Å². The second kappa shape index (κ2) is 5.61. The van der Waals surface area contributed by atoms with E-state index in [2.05, 4.69) is 4.74 Å². The second-order valence-corrected chi connectivity index (χ2v) is 3.46. The third-order valence-corrected chi connectivity index (χ3v) is 2.05. The van der Waals surface area contributed by atoms with Crippen LogP contribution in [-0.4, -0.2) is 25.9 Å². The van der Waals surface area contributed by atoms with Gasteiger partial charge in [0.05, 0.1) is 20.1 Å². The second-order valence-electron chi connectivity index (χ2n) is 3.46. The molecule has 1 aromatic rings. The minimum atomic E-state index is -4.31. The van der Waals surface area contributed by atoms with Crippen LogP contribution in [0.1, 0.15) is 16.8 Å². The average Bonchev–Trinajstić information content (AvgIpc) is 2.26. The minimum absolute atomic E-state index is 0.0221. The zero-order valence-corrected chi connectivity index (χ0v) is 9.58. The summed E-state index contributed by atoms with van der Waals surface area (Å²) >= 11 is 0. The van der Waals surface area contributed by atoms with E-state index >= 15 is 0 Å². The Morgan fingerprint density at radius 1 is 1.39 bits per heavy atom. The van der Waals surface area contributed by atoms with Crippen molar-refractivity contribution in [1.29, 1.82) is 0 Å². The van der Waals surface area contributed by atoms with Gasteiger partial charge in [0.25, 0.3) is 0 Å². The van der Waals surface area contributed by atoms with Crippen molar-refractivity contribution in [3.63, 3.8) is 0 Å². The van der Waals surface area contributed by atoms with Crippen molar-refractivity contribution in [1.82, 2.24) is 0 Å². The molecule has 0 aliphatic rings. The van der Waals surface area contributed by atoms with Gasteiger partial charge < -0.3 is 15.2 Å². The van der Waals surface area contributed by atoms with Crippen molar-refractivity contribution in [2.45, 2.75) is 12.6 Å². The van der Waals surface area contributed by atoms with Gasteiger partial charge in [0.1, 0.15) is 11.3 Å². The third-order valence-electron chi connectivity index (χ3n) is 2.05. The van der Waals surface area contributed by atoms with Crippen molar-refractivity contribution in [3.05, 3.63) is 23.8 Å². The number of esters is 1. The topological polar surface area (TPSA) is 61.5 Å². The van der Waals surface area contributed by atoms with Gasteiger partial charge in [0.15, 0.2) is 0 Å². The molecule has 18 heavy (non-hydrogen) atoms. The van der Waals surface area contributed by atoms with E-state index in [1.165, 1.54) is 18.2 Å². The lowest BCUT2D eigenvalue weighted by molar-refractivity contribution is -0.139. The number of methoxy groups -OCH3 is 1. The lowest BCUT2D eigenvalue weighted by atomic mass is 10.2. The smallest absolute Gasteiger partial charge is 0.392 e. The van der Waals surface area contributed by atoms with E-state index in [9.17, 15) is 18.0 Å². The quantitative estimate of drug-likeness (QED) is 0.669. The Hall–Kier alpha value is -1.92. The van der Waals surface area contributed by atoms with Gasteiger partial charge in [-0.05, 0) is 12.1 Å². The maximum Gasteiger partial charge on any atom is 0.392 e. The first-order chi connectivity index (χ1) is 8.33. The normalized spacial score (nSPS) is 11.1. The van der Waals surface area contributed by atoms with E-state index in [1.807, 2.05) is 0 Å². The molecule has 7 heteroatoms. The summed E-state index contributed by atoms with van der Waals surface area (Å²) in [6.07, 6.45) is -5.42. The highest BCUT2D eigenvalue weighted by atomic mass is 19.4. The lowest BCUT2D eigenvalue weighted by Crippen LogP contribution is -2.14. The molecule has 0 aliphatic heterocycles. The van der Waals surface area contributed by atoms with Gasteiger partial charge in [0.2, 0.25) is 0 Å². The highest BCUT2D eigenvalue weighted by molar-refractivity contribution is 5.93. The van der Waals surface area contributed by atoms with Crippen molar-refractivity contribution in [2.75, 3.05) is 19.5 Å². The molecule has 1 rings (SSSR count). The van der Waals surface area contributed by atoms with Crippen molar-refractivity contribution in [2.24, 2.45) is 0 Å². The fourth-order valence-corrected chi connectivity index (χ4v) is 1.21. The Kier molecular flexibility index (Phi) is 4.41. The van der Waals surface area contributed by atoms with Crippen LogP contribution in [0, 0.1) is 0 Å². The molecule has 0 unspecified atom stereocenters. The van der Waals surface area contributed by atoms with Crippen LogP contribution in [-0.2, 0) is 4.74 Å². The van der Waals surface area contributed by atoms with E-state index in [4.69, 9.17) is 10.5 Å². The molecule has 0 bridgehead atoms. The maximum absolute atomic E-state index is 12.0. The molecule has 0 amide bonds. The van der Waals surface area contributed by atoms with Crippen LogP contribution in [0.3, 0.4) is 0 Å². The molecule has 1 aromatic carbocycles. The van der Waals surface area contributed by atoms with Gasteiger partial charge in [-0.3, -0.25) is 0 Å². The van der Waals surface area contributed by atoms with E-state index in [0.717, 1.165) is 7.11 Å². The molecule has 2 N–H and O–H groups in total. The zero-order chi connectivity index (χ0) is 13.8. The summed E-state index contributed by atoms with van der Waals surface area (Å²) in [6.45, 7) is -0.586. The Morgan fingerprint density at radius 2 is 2.06 bits per heavy atom. The monoisotopic (exact) mass is 263 g/mol. The number of ether oxygens (including phenoxy) is 2.